The number of carbonyl (C=O) groups is 2. The number of benzene rings is 4. The SMILES string of the molecule is CCCCNC(=O)[C@@H](Cc1ccccc1)N(Cc1cccc(C)c1)C(=O)CN(c1ccc(C)cc1)S(=O)(=O)c1ccc(Cl)cc1. The van der Waals surface area contributed by atoms with Gasteiger partial charge in [-0.15, -0.1) is 0 Å². The van der Waals surface area contributed by atoms with Crippen molar-refractivity contribution in [3.05, 3.63) is 130 Å². The normalized spacial score (nSPS) is 11.9. The second kappa shape index (κ2) is 15.7. The summed E-state index contributed by atoms with van der Waals surface area (Å²) in [5, 5.41) is 3.41. The number of carbonyl (C=O) groups excluding carboxylic acids is 2. The second-order valence-corrected chi connectivity index (χ2v) is 13.5. The van der Waals surface area contributed by atoms with Crippen LogP contribution >= 0.6 is 11.6 Å². The number of hydrogen-bond acceptors (Lipinski definition) is 4. The number of aryl methyl sites for hydroxylation is 2. The molecule has 45 heavy (non-hydrogen) atoms. The Kier molecular flexibility index (Phi) is 11.8. The first kappa shape index (κ1) is 33.7. The monoisotopic (exact) mass is 645 g/mol. The molecule has 0 aliphatic rings. The van der Waals surface area contributed by atoms with Crippen LogP contribution in [-0.4, -0.2) is 44.3 Å². The third-order valence-corrected chi connectivity index (χ3v) is 9.58. The fourth-order valence-corrected chi connectivity index (χ4v) is 6.58. The molecule has 0 saturated carbocycles. The van der Waals surface area contributed by atoms with Crippen molar-refractivity contribution in [1.82, 2.24) is 10.2 Å². The summed E-state index contributed by atoms with van der Waals surface area (Å²) in [6, 6.07) is 29.2. The minimum Gasteiger partial charge on any atom is -0.354 e. The molecular formula is C36H40ClN3O4S. The maximum absolute atomic E-state index is 14.5. The number of halogens is 1. The summed E-state index contributed by atoms with van der Waals surface area (Å²) in [5.74, 6) is -0.781. The Morgan fingerprint density at radius 2 is 1.49 bits per heavy atom. The Balaban J connectivity index is 1.78. The van der Waals surface area contributed by atoms with Gasteiger partial charge in [-0.2, -0.15) is 0 Å². The molecule has 0 radical (unpaired) electrons. The van der Waals surface area contributed by atoms with Gasteiger partial charge in [-0.25, -0.2) is 8.42 Å². The number of nitrogens with zero attached hydrogens (tertiary/aromatic N) is 2. The van der Waals surface area contributed by atoms with Gasteiger partial charge in [0.25, 0.3) is 10.0 Å². The summed E-state index contributed by atoms with van der Waals surface area (Å²) >= 11 is 6.06. The predicted molar refractivity (Wildman–Crippen MR) is 181 cm³/mol. The number of amides is 2. The largest absolute Gasteiger partial charge is 0.354 e. The van der Waals surface area contributed by atoms with Gasteiger partial charge in [0, 0.05) is 24.5 Å². The van der Waals surface area contributed by atoms with E-state index in [9.17, 15) is 18.0 Å². The van der Waals surface area contributed by atoms with E-state index in [0.29, 0.717) is 17.3 Å². The summed E-state index contributed by atoms with van der Waals surface area (Å²) in [5.41, 5.74) is 4.02. The molecule has 0 aromatic heterocycles. The van der Waals surface area contributed by atoms with Crippen LogP contribution in [-0.2, 0) is 32.6 Å². The first-order valence-electron chi connectivity index (χ1n) is 15.1. The molecule has 1 N–H and O–H groups in total. The van der Waals surface area contributed by atoms with Gasteiger partial charge in [0.15, 0.2) is 0 Å². The molecule has 9 heteroatoms. The second-order valence-electron chi connectivity index (χ2n) is 11.2. The number of sulfonamides is 1. The fraction of sp³-hybridized carbons (Fsp3) is 0.278. The molecule has 7 nitrogen and oxygen atoms in total. The maximum Gasteiger partial charge on any atom is 0.264 e. The number of nitrogens with one attached hydrogen (secondary N) is 1. The van der Waals surface area contributed by atoms with Gasteiger partial charge in [-0.1, -0.05) is 103 Å². The van der Waals surface area contributed by atoms with Gasteiger partial charge in [0.05, 0.1) is 10.6 Å². The molecule has 0 aliphatic heterocycles. The first-order valence-corrected chi connectivity index (χ1v) is 16.9. The third kappa shape index (κ3) is 9.19. The van der Waals surface area contributed by atoms with Crippen LogP contribution in [0.4, 0.5) is 5.69 Å². The van der Waals surface area contributed by atoms with Crippen molar-refractivity contribution in [2.75, 3.05) is 17.4 Å². The van der Waals surface area contributed by atoms with E-state index >= 15 is 0 Å². The molecular weight excluding hydrogens is 606 g/mol. The third-order valence-electron chi connectivity index (χ3n) is 7.54. The van der Waals surface area contributed by atoms with Gasteiger partial charge in [0.1, 0.15) is 12.6 Å². The number of rotatable bonds is 14. The first-order chi connectivity index (χ1) is 21.6. The minimum atomic E-state index is -4.19. The molecule has 0 spiro atoms. The van der Waals surface area contributed by atoms with E-state index in [0.717, 1.165) is 39.4 Å². The van der Waals surface area contributed by atoms with Crippen LogP contribution in [0.3, 0.4) is 0 Å². The topological polar surface area (TPSA) is 86.8 Å². The summed E-state index contributed by atoms with van der Waals surface area (Å²) in [6.07, 6.45) is 1.98. The van der Waals surface area contributed by atoms with Crippen LogP contribution in [0.5, 0.6) is 0 Å². The van der Waals surface area contributed by atoms with Crippen LogP contribution in [0.1, 0.15) is 42.0 Å². The Labute approximate surface area is 271 Å². The van der Waals surface area contributed by atoms with Crippen molar-refractivity contribution in [3.63, 3.8) is 0 Å². The van der Waals surface area contributed by atoms with Gasteiger partial charge in [-0.05, 0) is 67.8 Å². The summed E-state index contributed by atoms with van der Waals surface area (Å²) in [6.45, 7) is 6.01. The average Bonchev–Trinajstić information content (AvgIpc) is 3.02. The maximum atomic E-state index is 14.5. The van der Waals surface area contributed by atoms with Crippen molar-refractivity contribution < 1.29 is 18.0 Å². The summed E-state index contributed by atoms with van der Waals surface area (Å²) in [7, 11) is -4.19. The van der Waals surface area contributed by atoms with E-state index in [1.165, 1.54) is 29.2 Å². The molecule has 1 atom stereocenters. The summed E-state index contributed by atoms with van der Waals surface area (Å²) < 4.78 is 29.3. The van der Waals surface area contributed by atoms with E-state index in [1.54, 1.807) is 24.3 Å². The molecule has 4 aromatic carbocycles. The number of unbranched alkanes of at least 4 members (excludes halogenated alkanes) is 1. The highest BCUT2D eigenvalue weighted by molar-refractivity contribution is 7.92. The zero-order chi connectivity index (χ0) is 32.4. The lowest BCUT2D eigenvalue weighted by Gasteiger charge is -2.34. The summed E-state index contributed by atoms with van der Waals surface area (Å²) in [4.78, 5) is 29.8. The lowest BCUT2D eigenvalue weighted by Crippen LogP contribution is -2.53. The van der Waals surface area contributed by atoms with E-state index in [1.807, 2.05) is 75.4 Å². The fourth-order valence-electron chi connectivity index (χ4n) is 5.04. The highest BCUT2D eigenvalue weighted by Crippen LogP contribution is 2.26. The smallest absolute Gasteiger partial charge is 0.264 e. The minimum absolute atomic E-state index is 0.00338. The number of anilines is 1. The molecule has 236 valence electrons. The van der Waals surface area contributed by atoms with E-state index in [4.69, 9.17) is 11.6 Å². The van der Waals surface area contributed by atoms with E-state index < -0.39 is 28.5 Å². The molecule has 4 rings (SSSR count). The molecule has 0 heterocycles. The Morgan fingerprint density at radius 3 is 2.13 bits per heavy atom. The lowest BCUT2D eigenvalue weighted by molar-refractivity contribution is -0.140. The van der Waals surface area contributed by atoms with Crippen LogP contribution in [0.15, 0.2) is 108 Å². The Bertz CT molecular complexity index is 1680. The molecule has 0 saturated heterocycles. The van der Waals surface area contributed by atoms with Gasteiger partial charge < -0.3 is 10.2 Å². The average molecular weight is 646 g/mol. The van der Waals surface area contributed by atoms with Gasteiger partial charge in [0.2, 0.25) is 11.8 Å². The van der Waals surface area contributed by atoms with Crippen LogP contribution in [0.25, 0.3) is 0 Å². The van der Waals surface area contributed by atoms with Crippen molar-refractivity contribution in [2.24, 2.45) is 0 Å². The zero-order valence-electron chi connectivity index (χ0n) is 25.9. The van der Waals surface area contributed by atoms with Crippen molar-refractivity contribution in [2.45, 2.75) is 57.5 Å². The molecule has 2 amide bonds. The van der Waals surface area contributed by atoms with E-state index in [-0.39, 0.29) is 23.8 Å². The van der Waals surface area contributed by atoms with Gasteiger partial charge in [-0.3, -0.25) is 13.9 Å². The molecule has 0 fully saturated rings. The highest BCUT2D eigenvalue weighted by atomic mass is 35.5. The molecule has 0 aliphatic carbocycles. The van der Waals surface area contributed by atoms with Crippen molar-refractivity contribution in [3.8, 4) is 0 Å². The molecule has 0 unspecified atom stereocenters. The quantitative estimate of drug-likeness (QED) is 0.155. The van der Waals surface area contributed by atoms with Crippen LogP contribution in [0.2, 0.25) is 5.02 Å². The predicted octanol–water partition coefficient (Wildman–Crippen LogP) is 6.71. The Morgan fingerprint density at radius 1 is 0.822 bits per heavy atom. The van der Waals surface area contributed by atoms with Crippen LogP contribution in [0, 0.1) is 13.8 Å². The van der Waals surface area contributed by atoms with Crippen molar-refractivity contribution >= 4 is 39.1 Å². The zero-order valence-corrected chi connectivity index (χ0v) is 27.5. The lowest BCUT2D eigenvalue weighted by atomic mass is 10.0. The number of hydrogen-bond donors (Lipinski definition) is 1. The standard InChI is InChI=1S/C36H40ClN3O4S/c1-4-5-22-38-36(42)34(24-29-11-7-6-8-12-29)39(25-30-13-9-10-28(3)23-30)35(41)26-40(32-18-14-27(2)15-19-32)45(43,44)33-20-16-31(37)17-21-33/h6-21,23,34H,4-5,22,24-26H2,1-3H3,(H,38,42)/t34-/m1/s1. The Hall–Kier alpha value is -4.14. The van der Waals surface area contributed by atoms with Gasteiger partial charge >= 0.3 is 0 Å². The molecule has 4 aromatic rings. The molecule has 0 bridgehead atoms. The van der Waals surface area contributed by atoms with E-state index in [2.05, 4.69) is 5.32 Å². The van der Waals surface area contributed by atoms with Crippen LogP contribution < -0.4 is 9.62 Å². The van der Waals surface area contributed by atoms with Crippen molar-refractivity contribution in [1.29, 1.82) is 0 Å². The highest BCUT2D eigenvalue weighted by Gasteiger charge is 2.34.